The summed E-state index contributed by atoms with van der Waals surface area (Å²) in [6.45, 7) is 12.7. The first kappa shape index (κ1) is 18.2. The Morgan fingerprint density at radius 1 is 1.00 bits per heavy atom. The molecule has 0 aliphatic heterocycles. The Morgan fingerprint density at radius 3 is 1.44 bits per heavy atom. The van der Waals surface area contributed by atoms with Crippen molar-refractivity contribution < 1.29 is 24.2 Å². The Hall–Kier alpha value is -2.17. The highest BCUT2D eigenvalue weighted by Crippen LogP contribution is 1.97. The van der Waals surface area contributed by atoms with Crippen LogP contribution in [0.3, 0.4) is 0 Å². The first-order valence-corrected chi connectivity index (χ1v) is 5.05. The predicted octanol–water partition coefficient (Wildman–Crippen LogP) is 0.911. The monoisotopic (exact) mass is 253 g/mol. The summed E-state index contributed by atoms with van der Waals surface area (Å²) in [5.41, 5.74) is 0.666. The van der Waals surface area contributed by atoms with E-state index in [9.17, 15) is 19.5 Å². The molecule has 0 aliphatic carbocycles. The molecule has 0 aliphatic rings. The fourth-order valence-electron chi connectivity index (χ4n) is 0.376. The molecular formula is C13H17O5-. The fraction of sp³-hybridized carbons (Fsp3) is 0.308. The molecule has 0 fully saturated rings. The van der Waals surface area contributed by atoms with Crippen LogP contribution in [-0.4, -0.2) is 17.9 Å². The molecule has 18 heavy (non-hydrogen) atoms. The van der Waals surface area contributed by atoms with Crippen LogP contribution >= 0.6 is 0 Å². The maximum atomic E-state index is 10.7. The molecule has 0 spiro atoms. The maximum Gasteiger partial charge on any atom is 0.340 e. The summed E-state index contributed by atoms with van der Waals surface area (Å²) >= 11 is 0. The number of carboxylic acids is 1. The van der Waals surface area contributed by atoms with Crippen LogP contribution in [0.2, 0.25) is 0 Å². The predicted molar refractivity (Wildman–Crippen MR) is 65.2 cm³/mol. The van der Waals surface area contributed by atoms with Crippen molar-refractivity contribution in [2.24, 2.45) is 0 Å². The van der Waals surface area contributed by atoms with Crippen LogP contribution in [-0.2, 0) is 19.1 Å². The Labute approximate surface area is 106 Å². The van der Waals surface area contributed by atoms with Crippen LogP contribution in [0.1, 0.15) is 27.7 Å². The number of carbonyl (C=O) groups is 3. The zero-order valence-corrected chi connectivity index (χ0v) is 11.0. The van der Waals surface area contributed by atoms with E-state index in [1.807, 2.05) is 0 Å². The normalized spacial score (nSPS) is 9.67. The lowest BCUT2D eigenvalue weighted by Gasteiger charge is -1.99. The van der Waals surface area contributed by atoms with Crippen molar-refractivity contribution in [3.05, 3.63) is 36.0 Å². The van der Waals surface area contributed by atoms with Gasteiger partial charge in [-0.3, -0.25) is 0 Å². The molecule has 0 aromatic heterocycles. The number of ether oxygens (including phenoxy) is 1. The number of allylic oxidation sites excluding steroid dienone is 1. The second kappa shape index (κ2) is 8.92. The molecule has 100 valence electrons. The molecule has 0 atom stereocenters. The summed E-state index contributed by atoms with van der Waals surface area (Å²) in [5, 5.41) is 9.75. The Kier molecular flexibility index (Phi) is 9.02. The van der Waals surface area contributed by atoms with Gasteiger partial charge in [-0.05, 0) is 33.3 Å². The van der Waals surface area contributed by atoms with Gasteiger partial charge >= 0.3 is 11.9 Å². The van der Waals surface area contributed by atoms with Crippen molar-refractivity contribution in [3.63, 3.8) is 0 Å². The van der Waals surface area contributed by atoms with Gasteiger partial charge in [-0.2, -0.15) is 0 Å². The lowest BCUT2D eigenvalue weighted by atomic mass is 10.3. The van der Waals surface area contributed by atoms with Crippen molar-refractivity contribution >= 4 is 17.9 Å². The molecule has 0 radical (unpaired) electrons. The van der Waals surface area contributed by atoms with Crippen LogP contribution in [0.4, 0.5) is 0 Å². The molecular weight excluding hydrogens is 236 g/mol. The third-order valence-corrected chi connectivity index (χ3v) is 1.64. The summed E-state index contributed by atoms with van der Waals surface area (Å²) in [6.07, 6.45) is 1.50. The van der Waals surface area contributed by atoms with Crippen molar-refractivity contribution in [1.82, 2.24) is 0 Å². The van der Waals surface area contributed by atoms with Crippen LogP contribution in [0, 0.1) is 0 Å². The Bertz CT molecular complexity index is 378. The van der Waals surface area contributed by atoms with Crippen LogP contribution in [0.15, 0.2) is 36.0 Å². The lowest BCUT2D eigenvalue weighted by Crippen LogP contribution is -2.22. The second-order valence-electron chi connectivity index (χ2n) is 3.50. The van der Waals surface area contributed by atoms with Gasteiger partial charge in [0.2, 0.25) is 0 Å². The van der Waals surface area contributed by atoms with Gasteiger partial charge in [-0.1, -0.05) is 19.2 Å². The van der Waals surface area contributed by atoms with E-state index in [2.05, 4.69) is 17.9 Å². The van der Waals surface area contributed by atoms with E-state index in [1.165, 1.54) is 26.8 Å². The smallest absolute Gasteiger partial charge is 0.340 e. The van der Waals surface area contributed by atoms with Gasteiger partial charge in [0, 0.05) is 11.1 Å². The maximum absolute atomic E-state index is 10.7. The van der Waals surface area contributed by atoms with Gasteiger partial charge in [0.1, 0.15) is 0 Å². The van der Waals surface area contributed by atoms with Crippen molar-refractivity contribution in [1.29, 1.82) is 0 Å². The summed E-state index contributed by atoms with van der Waals surface area (Å²) in [4.78, 5) is 31.1. The lowest BCUT2D eigenvalue weighted by molar-refractivity contribution is -0.299. The zero-order valence-electron chi connectivity index (χ0n) is 11.0. The number of aliphatic carboxylic acids is 1. The van der Waals surface area contributed by atoms with Gasteiger partial charge in [-0.15, -0.1) is 0 Å². The van der Waals surface area contributed by atoms with Gasteiger partial charge in [0.05, 0.1) is 5.97 Å². The van der Waals surface area contributed by atoms with Crippen LogP contribution in [0.25, 0.3) is 0 Å². The second-order valence-corrected chi connectivity index (χ2v) is 3.50. The van der Waals surface area contributed by atoms with E-state index in [0.717, 1.165) is 0 Å². The van der Waals surface area contributed by atoms with Crippen molar-refractivity contribution in [2.75, 3.05) is 0 Å². The summed E-state index contributed by atoms with van der Waals surface area (Å²) < 4.78 is 4.30. The Morgan fingerprint density at radius 2 is 1.33 bits per heavy atom. The molecule has 0 bridgehead atoms. The first-order chi connectivity index (χ1) is 8.13. The van der Waals surface area contributed by atoms with Crippen molar-refractivity contribution in [2.45, 2.75) is 27.7 Å². The Balaban J connectivity index is 0. The number of hydrogen-bond donors (Lipinski definition) is 0. The topological polar surface area (TPSA) is 83.5 Å². The molecule has 0 aromatic rings. The van der Waals surface area contributed by atoms with Gasteiger partial charge in [-0.25, -0.2) is 9.59 Å². The number of carboxylic acid groups (broad SMARTS) is 1. The quantitative estimate of drug-likeness (QED) is 0.424. The minimum Gasteiger partial charge on any atom is -0.545 e. The summed E-state index contributed by atoms with van der Waals surface area (Å²) in [6, 6.07) is 0. The van der Waals surface area contributed by atoms with Crippen molar-refractivity contribution in [3.8, 4) is 0 Å². The fourth-order valence-corrected chi connectivity index (χ4v) is 0.376. The minimum atomic E-state index is -1.09. The van der Waals surface area contributed by atoms with E-state index < -0.39 is 17.9 Å². The third-order valence-electron chi connectivity index (χ3n) is 1.64. The number of hydrogen-bond acceptors (Lipinski definition) is 5. The third kappa shape index (κ3) is 9.08. The van der Waals surface area contributed by atoms with E-state index in [-0.39, 0.29) is 16.7 Å². The molecule has 0 aromatic carbocycles. The minimum absolute atomic E-state index is 0.194. The largest absolute Gasteiger partial charge is 0.545 e. The molecule has 0 saturated carbocycles. The highest BCUT2D eigenvalue weighted by Gasteiger charge is 2.10. The van der Waals surface area contributed by atoms with E-state index in [0.29, 0.717) is 0 Å². The van der Waals surface area contributed by atoms with E-state index in [4.69, 9.17) is 0 Å². The SMILES string of the molecule is C/C=C(\C)C(=O)[O-].C=C(C)C(=O)OC(=O)C(=C)C. The van der Waals surface area contributed by atoms with Gasteiger partial charge in [0.25, 0.3) is 0 Å². The summed E-state index contributed by atoms with van der Waals surface area (Å²) in [7, 11) is 0. The van der Waals surface area contributed by atoms with Crippen LogP contribution in [0.5, 0.6) is 0 Å². The molecule has 5 nitrogen and oxygen atoms in total. The molecule has 0 amide bonds. The molecule has 5 heteroatoms. The first-order valence-electron chi connectivity index (χ1n) is 5.05. The molecule has 0 heterocycles. The number of rotatable bonds is 3. The number of esters is 2. The van der Waals surface area contributed by atoms with E-state index >= 15 is 0 Å². The highest BCUT2D eigenvalue weighted by molar-refractivity contribution is 6.00. The molecule has 0 unspecified atom stereocenters. The average Bonchev–Trinajstić information content (AvgIpc) is 2.28. The average molecular weight is 253 g/mol. The van der Waals surface area contributed by atoms with Gasteiger partial charge < -0.3 is 14.6 Å². The highest BCUT2D eigenvalue weighted by atomic mass is 16.6. The molecule has 0 rings (SSSR count). The summed E-state index contributed by atoms with van der Waals surface area (Å²) in [5.74, 6) is -2.52. The molecule has 0 N–H and O–H groups in total. The standard InChI is InChI=1S/C8H10O3.C5H8O2/c1-5(2)7(9)11-8(10)6(3)4;1-3-4(2)5(6)7/h1,3H2,2,4H3;3H,1-2H3,(H,6,7)/p-1/b;4-3+. The van der Waals surface area contributed by atoms with Gasteiger partial charge in [0.15, 0.2) is 0 Å². The number of carbonyl (C=O) groups excluding carboxylic acids is 3. The van der Waals surface area contributed by atoms with E-state index in [1.54, 1.807) is 6.92 Å². The molecule has 0 saturated heterocycles. The van der Waals surface area contributed by atoms with Crippen LogP contribution < -0.4 is 5.11 Å². The zero-order chi connectivity index (χ0) is 14.9.